The zero-order chi connectivity index (χ0) is 13.0. The number of ketones is 1. The van der Waals surface area contributed by atoms with Crippen LogP contribution in [-0.4, -0.2) is 18.5 Å². The smallest absolute Gasteiger partial charge is 0.160 e. The molecular formula is C15H28O2. The van der Waals surface area contributed by atoms with E-state index in [1.165, 1.54) is 12.8 Å². The summed E-state index contributed by atoms with van der Waals surface area (Å²) in [6.07, 6.45) is 3.97. The van der Waals surface area contributed by atoms with Gasteiger partial charge in [-0.15, -0.1) is 0 Å². The van der Waals surface area contributed by atoms with E-state index in [-0.39, 0.29) is 11.7 Å². The first kappa shape index (κ1) is 14.7. The van der Waals surface area contributed by atoms with Gasteiger partial charge in [0.1, 0.15) is 6.61 Å². The lowest BCUT2D eigenvalue weighted by atomic mass is 9.75. The van der Waals surface area contributed by atoms with Crippen molar-refractivity contribution in [2.24, 2.45) is 23.7 Å². The summed E-state index contributed by atoms with van der Waals surface area (Å²) in [7, 11) is 0. The van der Waals surface area contributed by atoms with Crippen LogP contribution < -0.4 is 0 Å². The molecule has 0 aromatic rings. The van der Waals surface area contributed by atoms with E-state index in [4.69, 9.17) is 4.74 Å². The third-order valence-electron chi connectivity index (χ3n) is 4.04. The van der Waals surface area contributed by atoms with Crippen molar-refractivity contribution >= 4 is 5.78 Å². The minimum Gasteiger partial charge on any atom is -0.370 e. The summed E-state index contributed by atoms with van der Waals surface area (Å²) in [6, 6.07) is 0. The third-order valence-corrected chi connectivity index (χ3v) is 4.04. The molecule has 0 N–H and O–H groups in total. The van der Waals surface area contributed by atoms with E-state index >= 15 is 0 Å². The van der Waals surface area contributed by atoms with Crippen molar-refractivity contribution < 1.29 is 9.53 Å². The minimum absolute atomic E-state index is 0.0912. The lowest BCUT2D eigenvalue weighted by Gasteiger charge is -2.37. The number of hydrogen-bond acceptors (Lipinski definition) is 2. The minimum atomic E-state index is 0.0912. The van der Waals surface area contributed by atoms with E-state index in [0.717, 1.165) is 12.3 Å². The second-order valence-electron chi connectivity index (χ2n) is 6.30. The molecule has 1 aliphatic rings. The van der Waals surface area contributed by atoms with Crippen LogP contribution in [0, 0.1) is 23.7 Å². The summed E-state index contributed by atoms with van der Waals surface area (Å²) in [4.78, 5) is 11.6. The van der Waals surface area contributed by atoms with Crippen molar-refractivity contribution in [3.05, 3.63) is 0 Å². The Morgan fingerprint density at radius 1 is 1.24 bits per heavy atom. The molecule has 3 unspecified atom stereocenters. The predicted octanol–water partition coefficient (Wildman–Crippen LogP) is 3.69. The highest BCUT2D eigenvalue weighted by molar-refractivity contribution is 5.81. The number of carbonyl (C=O) groups is 1. The maximum atomic E-state index is 11.6. The molecular weight excluding hydrogens is 212 g/mol. The van der Waals surface area contributed by atoms with Gasteiger partial charge in [-0.3, -0.25) is 4.79 Å². The van der Waals surface area contributed by atoms with Crippen LogP contribution in [0.25, 0.3) is 0 Å². The Morgan fingerprint density at radius 3 is 2.41 bits per heavy atom. The Labute approximate surface area is 106 Å². The average Bonchev–Trinajstić information content (AvgIpc) is 2.25. The Morgan fingerprint density at radius 2 is 1.88 bits per heavy atom. The molecule has 1 saturated carbocycles. The molecule has 0 aromatic carbocycles. The first-order chi connectivity index (χ1) is 7.91. The van der Waals surface area contributed by atoms with E-state index in [0.29, 0.717) is 24.5 Å². The van der Waals surface area contributed by atoms with Gasteiger partial charge in [0.05, 0.1) is 6.10 Å². The molecule has 0 radical (unpaired) electrons. The second kappa shape index (κ2) is 6.53. The molecule has 1 rings (SSSR count). The summed E-state index contributed by atoms with van der Waals surface area (Å²) in [6.45, 7) is 11.0. The van der Waals surface area contributed by atoms with Crippen LogP contribution in [0.3, 0.4) is 0 Å². The Bertz CT molecular complexity index is 245. The van der Waals surface area contributed by atoms with Gasteiger partial charge in [-0.25, -0.2) is 0 Å². The monoisotopic (exact) mass is 240 g/mol. The zero-order valence-corrected chi connectivity index (χ0v) is 12.0. The lowest BCUT2D eigenvalue weighted by Crippen LogP contribution is -2.36. The first-order valence-corrected chi connectivity index (χ1v) is 7.06. The van der Waals surface area contributed by atoms with Crippen LogP contribution in [0.1, 0.15) is 53.9 Å². The molecule has 0 aromatic heterocycles. The molecule has 100 valence electrons. The van der Waals surface area contributed by atoms with Crippen molar-refractivity contribution in [1.82, 2.24) is 0 Å². The zero-order valence-electron chi connectivity index (χ0n) is 12.0. The second-order valence-corrected chi connectivity index (χ2v) is 6.30. The molecule has 0 saturated heterocycles. The fourth-order valence-corrected chi connectivity index (χ4v) is 2.66. The number of carbonyl (C=O) groups excluding carboxylic acids is 1. The van der Waals surface area contributed by atoms with Crippen LogP contribution in [0.15, 0.2) is 0 Å². The van der Waals surface area contributed by atoms with E-state index in [1.807, 2.05) is 13.8 Å². The number of ether oxygens (including phenoxy) is 1. The van der Waals surface area contributed by atoms with Crippen molar-refractivity contribution in [2.75, 3.05) is 6.61 Å². The van der Waals surface area contributed by atoms with Crippen molar-refractivity contribution in [1.29, 1.82) is 0 Å². The van der Waals surface area contributed by atoms with E-state index in [1.54, 1.807) is 0 Å². The normalized spacial score (nSPS) is 29.9. The Kier molecular flexibility index (Phi) is 5.64. The third kappa shape index (κ3) is 4.42. The highest BCUT2D eigenvalue weighted by Crippen LogP contribution is 2.35. The molecule has 0 spiro atoms. The largest absolute Gasteiger partial charge is 0.370 e. The fraction of sp³-hybridized carbons (Fsp3) is 0.933. The molecule has 1 aliphatic carbocycles. The molecule has 1 fully saturated rings. The van der Waals surface area contributed by atoms with E-state index in [2.05, 4.69) is 20.8 Å². The molecule has 0 aliphatic heterocycles. The maximum Gasteiger partial charge on any atom is 0.160 e. The molecule has 0 heterocycles. The van der Waals surface area contributed by atoms with Gasteiger partial charge in [-0.2, -0.15) is 0 Å². The van der Waals surface area contributed by atoms with E-state index in [9.17, 15) is 4.79 Å². The van der Waals surface area contributed by atoms with Crippen LogP contribution in [0.5, 0.6) is 0 Å². The number of rotatable bonds is 5. The highest BCUT2D eigenvalue weighted by atomic mass is 16.5. The van der Waals surface area contributed by atoms with Gasteiger partial charge in [-0.05, 0) is 30.6 Å². The van der Waals surface area contributed by atoms with Gasteiger partial charge in [0.2, 0.25) is 0 Å². The standard InChI is InChI=1S/C15H28O2/c1-10(2)13-7-6-12(5)8-15(13)17-9-14(16)11(3)4/h10-13,15H,6-9H2,1-5H3. The van der Waals surface area contributed by atoms with Crippen molar-refractivity contribution in [3.8, 4) is 0 Å². The summed E-state index contributed by atoms with van der Waals surface area (Å²) in [5.74, 6) is 2.34. The molecule has 2 heteroatoms. The predicted molar refractivity (Wildman–Crippen MR) is 70.9 cm³/mol. The van der Waals surface area contributed by atoms with Gasteiger partial charge in [0, 0.05) is 5.92 Å². The van der Waals surface area contributed by atoms with Gasteiger partial charge in [0.25, 0.3) is 0 Å². The topological polar surface area (TPSA) is 26.3 Å². The average molecular weight is 240 g/mol. The number of Topliss-reactive ketones (excluding diaryl/α,β-unsaturated/α-hetero) is 1. The van der Waals surface area contributed by atoms with Gasteiger partial charge >= 0.3 is 0 Å². The summed E-state index contributed by atoms with van der Waals surface area (Å²) >= 11 is 0. The first-order valence-electron chi connectivity index (χ1n) is 7.06. The van der Waals surface area contributed by atoms with Crippen LogP contribution in [0.4, 0.5) is 0 Å². The molecule has 0 bridgehead atoms. The summed E-state index contributed by atoms with van der Waals surface area (Å²) < 4.78 is 5.90. The molecule has 3 atom stereocenters. The molecule has 2 nitrogen and oxygen atoms in total. The highest BCUT2D eigenvalue weighted by Gasteiger charge is 2.31. The summed E-state index contributed by atoms with van der Waals surface area (Å²) in [5.41, 5.74) is 0. The molecule has 0 amide bonds. The molecule has 17 heavy (non-hydrogen) atoms. The number of hydrogen-bond donors (Lipinski definition) is 0. The quantitative estimate of drug-likeness (QED) is 0.732. The van der Waals surface area contributed by atoms with Gasteiger partial charge in [0.15, 0.2) is 5.78 Å². The Balaban J connectivity index is 2.49. The van der Waals surface area contributed by atoms with Crippen molar-refractivity contribution in [2.45, 2.75) is 60.0 Å². The van der Waals surface area contributed by atoms with Crippen LogP contribution in [0.2, 0.25) is 0 Å². The van der Waals surface area contributed by atoms with Crippen molar-refractivity contribution in [3.63, 3.8) is 0 Å². The SMILES string of the molecule is CC1CCC(C(C)C)C(OCC(=O)C(C)C)C1. The summed E-state index contributed by atoms with van der Waals surface area (Å²) in [5, 5.41) is 0. The van der Waals surface area contributed by atoms with Gasteiger partial charge in [-0.1, -0.05) is 41.0 Å². The van der Waals surface area contributed by atoms with Gasteiger partial charge < -0.3 is 4.74 Å². The Hall–Kier alpha value is -0.370. The lowest BCUT2D eigenvalue weighted by molar-refractivity contribution is -0.132. The maximum absolute atomic E-state index is 11.6. The van der Waals surface area contributed by atoms with Crippen LogP contribution >= 0.6 is 0 Å². The van der Waals surface area contributed by atoms with E-state index < -0.39 is 0 Å². The van der Waals surface area contributed by atoms with Crippen LogP contribution in [-0.2, 0) is 9.53 Å². The fourth-order valence-electron chi connectivity index (χ4n) is 2.66.